The summed E-state index contributed by atoms with van der Waals surface area (Å²) in [6.45, 7) is 1.47. The number of hydrogen-bond acceptors (Lipinski definition) is 6. The molecule has 3 heterocycles. The summed E-state index contributed by atoms with van der Waals surface area (Å²) < 4.78 is 21.1. The first-order chi connectivity index (χ1) is 14.5. The van der Waals surface area contributed by atoms with Gasteiger partial charge in [0.2, 0.25) is 0 Å². The maximum Gasteiger partial charge on any atom is 0.153 e. The fourth-order valence-corrected chi connectivity index (χ4v) is 3.58. The third-order valence-electron chi connectivity index (χ3n) is 5.42. The summed E-state index contributed by atoms with van der Waals surface area (Å²) in [6, 6.07) is 7.32. The number of terminal acetylenes is 1. The molecule has 154 valence electrons. The van der Waals surface area contributed by atoms with Crippen molar-refractivity contribution in [1.29, 1.82) is 0 Å². The lowest BCUT2D eigenvalue weighted by atomic mass is 9.85. The zero-order valence-electron chi connectivity index (χ0n) is 16.9. The van der Waals surface area contributed by atoms with Crippen LogP contribution in [0.4, 0.5) is 16.0 Å². The van der Waals surface area contributed by atoms with E-state index in [1.54, 1.807) is 19.4 Å². The van der Waals surface area contributed by atoms with Crippen molar-refractivity contribution in [2.24, 2.45) is 0 Å². The van der Waals surface area contributed by atoms with Gasteiger partial charge in [-0.3, -0.25) is 5.10 Å². The number of nitrogens with one attached hydrogen (secondary N) is 2. The SMILES string of the molecule is C#Cc1cnc(Nc2cc(-c3ccc(C4(F)CCN(C)CC4)cc3OC)[nH]n2)cn1. The van der Waals surface area contributed by atoms with E-state index in [0.717, 1.165) is 24.3 Å². The van der Waals surface area contributed by atoms with Crippen LogP contribution in [-0.2, 0) is 5.67 Å². The van der Waals surface area contributed by atoms with Gasteiger partial charge in [0.05, 0.1) is 25.2 Å². The number of benzene rings is 1. The second-order valence-corrected chi connectivity index (χ2v) is 7.41. The van der Waals surface area contributed by atoms with Crippen LogP contribution in [0, 0.1) is 12.3 Å². The molecule has 1 saturated heterocycles. The standard InChI is InChI=1S/C22H23FN6O/c1-4-16-13-25-21(14-24-16)26-20-12-18(27-28-20)17-6-5-15(11-19(17)30-3)22(23)7-9-29(2)10-8-22/h1,5-6,11-14H,7-10H2,2-3H3,(H2,25,26,27,28). The topological polar surface area (TPSA) is 79.0 Å². The average Bonchev–Trinajstić information content (AvgIpc) is 3.24. The molecule has 0 atom stereocenters. The number of likely N-dealkylation sites (tertiary alicyclic amines) is 1. The number of piperidine rings is 1. The highest BCUT2D eigenvalue weighted by atomic mass is 19.1. The van der Waals surface area contributed by atoms with Gasteiger partial charge < -0.3 is 15.0 Å². The lowest BCUT2D eigenvalue weighted by Gasteiger charge is -2.35. The first-order valence-electron chi connectivity index (χ1n) is 9.68. The Morgan fingerprint density at radius 2 is 2.00 bits per heavy atom. The van der Waals surface area contributed by atoms with Gasteiger partial charge in [-0.15, -0.1) is 6.42 Å². The lowest BCUT2D eigenvalue weighted by Crippen LogP contribution is -2.38. The van der Waals surface area contributed by atoms with Crippen LogP contribution in [0.1, 0.15) is 24.1 Å². The highest BCUT2D eigenvalue weighted by Gasteiger charge is 2.36. The van der Waals surface area contributed by atoms with Crippen molar-refractivity contribution in [2.45, 2.75) is 18.5 Å². The van der Waals surface area contributed by atoms with Crippen LogP contribution in [0.2, 0.25) is 0 Å². The van der Waals surface area contributed by atoms with Gasteiger partial charge in [0.25, 0.3) is 0 Å². The Morgan fingerprint density at radius 1 is 1.20 bits per heavy atom. The number of anilines is 2. The molecule has 0 spiro atoms. The minimum atomic E-state index is -1.33. The molecular formula is C22H23FN6O. The van der Waals surface area contributed by atoms with Crippen molar-refractivity contribution in [3.8, 4) is 29.4 Å². The van der Waals surface area contributed by atoms with Crippen LogP contribution in [-0.4, -0.2) is 52.3 Å². The Morgan fingerprint density at radius 3 is 2.67 bits per heavy atom. The van der Waals surface area contributed by atoms with E-state index in [2.05, 4.69) is 36.3 Å². The number of alkyl halides is 1. The smallest absolute Gasteiger partial charge is 0.153 e. The predicted octanol–water partition coefficient (Wildman–Crippen LogP) is 3.49. The number of hydrogen-bond donors (Lipinski definition) is 2. The molecule has 0 bridgehead atoms. The fourth-order valence-electron chi connectivity index (χ4n) is 3.58. The summed E-state index contributed by atoms with van der Waals surface area (Å²) in [5, 5.41) is 10.3. The van der Waals surface area contributed by atoms with Gasteiger partial charge in [0, 0.05) is 24.7 Å². The molecule has 0 saturated carbocycles. The molecule has 8 heteroatoms. The molecule has 4 rings (SSSR count). The quantitative estimate of drug-likeness (QED) is 0.632. The number of aromatic amines is 1. The molecule has 2 aromatic heterocycles. The largest absolute Gasteiger partial charge is 0.496 e. The average molecular weight is 406 g/mol. The van der Waals surface area contributed by atoms with Gasteiger partial charge in [0.15, 0.2) is 5.82 Å². The van der Waals surface area contributed by atoms with E-state index < -0.39 is 5.67 Å². The molecule has 0 aliphatic carbocycles. The number of methoxy groups -OCH3 is 1. The minimum absolute atomic E-state index is 0.461. The van der Waals surface area contributed by atoms with E-state index in [0.29, 0.717) is 41.5 Å². The van der Waals surface area contributed by atoms with Crippen molar-refractivity contribution in [2.75, 3.05) is 32.6 Å². The van der Waals surface area contributed by atoms with Crippen LogP contribution in [0.3, 0.4) is 0 Å². The summed E-state index contributed by atoms with van der Waals surface area (Å²) in [6.07, 6.45) is 9.29. The maximum absolute atomic E-state index is 15.5. The van der Waals surface area contributed by atoms with Gasteiger partial charge >= 0.3 is 0 Å². The van der Waals surface area contributed by atoms with Crippen LogP contribution in [0.5, 0.6) is 5.75 Å². The second-order valence-electron chi connectivity index (χ2n) is 7.41. The van der Waals surface area contributed by atoms with E-state index in [4.69, 9.17) is 11.2 Å². The minimum Gasteiger partial charge on any atom is -0.496 e. The Hall–Kier alpha value is -3.44. The Labute approximate surface area is 174 Å². The van der Waals surface area contributed by atoms with Crippen LogP contribution in [0.15, 0.2) is 36.7 Å². The molecule has 1 fully saturated rings. The normalized spacial score (nSPS) is 16.1. The third kappa shape index (κ3) is 3.98. The molecule has 0 amide bonds. The van der Waals surface area contributed by atoms with Crippen molar-refractivity contribution in [1.82, 2.24) is 25.1 Å². The van der Waals surface area contributed by atoms with Crippen LogP contribution >= 0.6 is 0 Å². The molecule has 1 aliphatic rings. The van der Waals surface area contributed by atoms with Crippen LogP contribution in [0.25, 0.3) is 11.3 Å². The summed E-state index contributed by atoms with van der Waals surface area (Å²) in [4.78, 5) is 10.4. The highest BCUT2D eigenvalue weighted by molar-refractivity contribution is 5.71. The van der Waals surface area contributed by atoms with Crippen molar-refractivity contribution in [3.05, 3.63) is 47.9 Å². The number of H-pyrrole nitrogens is 1. The Balaban J connectivity index is 1.56. The number of halogens is 1. The number of rotatable bonds is 5. The van der Waals surface area contributed by atoms with Crippen molar-refractivity contribution in [3.63, 3.8) is 0 Å². The number of aromatic nitrogens is 4. The van der Waals surface area contributed by atoms with Crippen molar-refractivity contribution >= 4 is 11.6 Å². The third-order valence-corrected chi connectivity index (χ3v) is 5.42. The first kappa shape index (κ1) is 19.9. The van der Waals surface area contributed by atoms with Crippen molar-refractivity contribution < 1.29 is 9.13 Å². The number of nitrogens with zero attached hydrogens (tertiary/aromatic N) is 4. The van der Waals surface area contributed by atoms with E-state index in [9.17, 15) is 0 Å². The molecule has 2 N–H and O–H groups in total. The molecule has 1 aromatic carbocycles. The molecule has 30 heavy (non-hydrogen) atoms. The lowest BCUT2D eigenvalue weighted by molar-refractivity contribution is 0.0672. The van der Waals surface area contributed by atoms with Crippen LogP contribution < -0.4 is 10.1 Å². The Kier molecular flexibility index (Phi) is 5.38. The predicted molar refractivity (Wildman–Crippen MR) is 113 cm³/mol. The van der Waals surface area contributed by atoms with Gasteiger partial charge in [0.1, 0.15) is 22.9 Å². The maximum atomic E-state index is 15.5. The molecule has 3 aromatic rings. The molecular weight excluding hydrogens is 383 g/mol. The summed E-state index contributed by atoms with van der Waals surface area (Å²) in [5.41, 5.74) is 1.32. The summed E-state index contributed by atoms with van der Waals surface area (Å²) in [5.74, 6) is 4.11. The fraction of sp³-hybridized carbons (Fsp3) is 0.318. The molecule has 1 aliphatic heterocycles. The zero-order chi connectivity index (χ0) is 21.1. The zero-order valence-corrected chi connectivity index (χ0v) is 16.9. The highest BCUT2D eigenvalue weighted by Crippen LogP contribution is 2.40. The molecule has 0 radical (unpaired) electrons. The van der Waals surface area contributed by atoms with Gasteiger partial charge in [-0.1, -0.05) is 6.07 Å². The monoisotopic (exact) mass is 406 g/mol. The second kappa shape index (κ2) is 8.13. The first-order valence-corrected chi connectivity index (χ1v) is 9.68. The molecule has 0 unspecified atom stereocenters. The van der Waals surface area contributed by atoms with Gasteiger partial charge in [-0.05, 0) is 43.5 Å². The van der Waals surface area contributed by atoms with E-state index >= 15 is 4.39 Å². The number of ether oxygens (including phenoxy) is 1. The summed E-state index contributed by atoms with van der Waals surface area (Å²) >= 11 is 0. The van der Waals surface area contributed by atoms with E-state index in [1.807, 2.05) is 25.2 Å². The van der Waals surface area contributed by atoms with E-state index in [1.165, 1.54) is 6.20 Å². The van der Waals surface area contributed by atoms with Gasteiger partial charge in [-0.25, -0.2) is 14.4 Å². The summed E-state index contributed by atoms with van der Waals surface area (Å²) in [7, 11) is 3.60. The Bertz CT molecular complexity index is 1060. The van der Waals surface area contributed by atoms with Gasteiger partial charge in [-0.2, -0.15) is 5.10 Å². The van der Waals surface area contributed by atoms with E-state index in [-0.39, 0.29) is 0 Å². The molecule has 7 nitrogen and oxygen atoms in total.